The molecule has 5 rings (SSSR count). The van der Waals surface area contributed by atoms with Gasteiger partial charge in [0.25, 0.3) is 5.91 Å². The molecule has 0 saturated heterocycles. The van der Waals surface area contributed by atoms with Crippen LogP contribution in [0.5, 0.6) is 0 Å². The van der Waals surface area contributed by atoms with Gasteiger partial charge >= 0.3 is 0 Å². The molecule has 2 aliphatic rings. The molecular formula is C26H25N3O3S. The third-order valence-corrected chi connectivity index (χ3v) is 7.49. The first kappa shape index (κ1) is 21.4. The lowest BCUT2D eigenvalue weighted by Crippen LogP contribution is -2.45. The number of amides is 3. The molecule has 2 aromatic carbocycles. The minimum Gasteiger partial charge on any atom is -0.332 e. The first-order chi connectivity index (χ1) is 15.9. The third-order valence-electron chi connectivity index (χ3n) is 6.29. The Morgan fingerprint density at radius 1 is 1.09 bits per heavy atom. The molecule has 0 saturated carbocycles. The number of nitrogens with one attached hydrogen (secondary N) is 1. The van der Waals surface area contributed by atoms with Crippen molar-refractivity contribution < 1.29 is 14.4 Å². The Morgan fingerprint density at radius 2 is 1.82 bits per heavy atom. The Labute approximate surface area is 196 Å². The second-order valence-corrected chi connectivity index (χ2v) is 9.72. The Balaban J connectivity index is 1.37. The minimum atomic E-state index is -0.310. The van der Waals surface area contributed by atoms with Gasteiger partial charge in [-0.15, -0.1) is 11.3 Å². The Hall–Kier alpha value is -3.45. The summed E-state index contributed by atoms with van der Waals surface area (Å²) in [6.07, 6.45) is 2.10. The molecule has 0 bridgehead atoms. The summed E-state index contributed by atoms with van der Waals surface area (Å²) < 4.78 is 0. The Kier molecular flexibility index (Phi) is 5.50. The molecule has 3 amide bonds. The standard InChI is InChI=1S/C26H25N3O3S/c1-16-13-23(30)27-20-9-5-6-10-21(20)29(16)24(31)15-28(2)26(32)22-14-18-12-11-17-7-3-4-8-19(17)25(18)33-22/h3-10,14,16H,11-13,15H2,1-2H3,(H,27,30)/t16-/m1/s1. The van der Waals surface area contributed by atoms with Gasteiger partial charge in [0.1, 0.15) is 6.54 Å². The van der Waals surface area contributed by atoms with Crippen molar-refractivity contribution >= 4 is 40.4 Å². The maximum atomic E-state index is 13.3. The van der Waals surface area contributed by atoms with Crippen molar-refractivity contribution in [2.24, 2.45) is 0 Å². The molecule has 33 heavy (non-hydrogen) atoms. The number of rotatable bonds is 3. The average molecular weight is 460 g/mol. The third kappa shape index (κ3) is 3.93. The van der Waals surface area contributed by atoms with Crippen molar-refractivity contribution in [2.45, 2.75) is 32.2 Å². The van der Waals surface area contributed by atoms with Gasteiger partial charge in [-0.3, -0.25) is 14.4 Å². The molecule has 0 fully saturated rings. The molecule has 2 heterocycles. The number of carbonyl (C=O) groups excluding carboxylic acids is 3. The second kappa shape index (κ2) is 8.48. The zero-order valence-electron chi connectivity index (χ0n) is 18.6. The van der Waals surface area contributed by atoms with E-state index in [4.69, 9.17) is 0 Å². The molecule has 1 aliphatic carbocycles. The maximum Gasteiger partial charge on any atom is 0.264 e. The van der Waals surface area contributed by atoms with E-state index in [0.29, 0.717) is 16.3 Å². The van der Waals surface area contributed by atoms with E-state index in [-0.39, 0.29) is 36.7 Å². The van der Waals surface area contributed by atoms with E-state index in [1.807, 2.05) is 43.3 Å². The predicted octanol–water partition coefficient (Wildman–Crippen LogP) is 4.35. The van der Waals surface area contributed by atoms with Crippen LogP contribution >= 0.6 is 11.3 Å². The van der Waals surface area contributed by atoms with E-state index in [1.165, 1.54) is 32.9 Å². The lowest BCUT2D eigenvalue weighted by molar-refractivity contribution is -0.119. The van der Waals surface area contributed by atoms with Crippen molar-refractivity contribution in [2.75, 3.05) is 23.8 Å². The molecule has 1 aliphatic heterocycles. The van der Waals surface area contributed by atoms with Crippen LogP contribution in [0.3, 0.4) is 0 Å². The van der Waals surface area contributed by atoms with Gasteiger partial charge in [0.2, 0.25) is 11.8 Å². The first-order valence-corrected chi connectivity index (χ1v) is 11.9. The number of carbonyl (C=O) groups is 3. The SMILES string of the molecule is C[C@@H]1CC(=O)Nc2ccccc2N1C(=O)CN(C)C(=O)c1cc2c(s1)-c1ccccc1CC2. The minimum absolute atomic E-state index is 0.0646. The van der Waals surface area contributed by atoms with E-state index in [0.717, 1.165) is 17.7 Å². The number of para-hydroxylation sites is 2. The van der Waals surface area contributed by atoms with E-state index < -0.39 is 0 Å². The molecule has 0 spiro atoms. The molecule has 168 valence electrons. The molecule has 1 aromatic heterocycles. The Morgan fingerprint density at radius 3 is 2.67 bits per heavy atom. The van der Waals surface area contributed by atoms with E-state index in [2.05, 4.69) is 17.4 Å². The lowest BCUT2D eigenvalue weighted by Gasteiger charge is -2.29. The fourth-order valence-corrected chi connectivity index (χ4v) is 5.95. The Bertz CT molecular complexity index is 1270. The number of anilines is 2. The highest BCUT2D eigenvalue weighted by Gasteiger charge is 2.31. The van der Waals surface area contributed by atoms with Crippen molar-refractivity contribution in [3.8, 4) is 10.4 Å². The predicted molar refractivity (Wildman–Crippen MR) is 131 cm³/mol. The van der Waals surface area contributed by atoms with E-state index >= 15 is 0 Å². The summed E-state index contributed by atoms with van der Waals surface area (Å²) in [5, 5.41) is 2.86. The van der Waals surface area contributed by atoms with Crippen LogP contribution in [-0.4, -0.2) is 42.3 Å². The molecule has 3 aromatic rings. The van der Waals surface area contributed by atoms with Gasteiger partial charge in [-0.05, 0) is 54.7 Å². The van der Waals surface area contributed by atoms with Gasteiger partial charge in [-0.2, -0.15) is 0 Å². The van der Waals surface area contributed by atoms with Crippen molar-refractivity contribution in [1.29, 1.82) is 0 Å². The highest BCUT2D eigenvalue weighted by Crippen LogP contribution is 2.40. The van der Waals surface area contributed by atoms with Gasteiger partial charge in [0.15, 0.2) is 0 Å². The summed E-state index contributed by atoms with van der Waals surface area (Å²) in [5.41, 5.74) is 4.98. The van der Waals surface area contributed by atoms with Gasteiger partial charge in [-0.25, -0.2) is 0 Å². The number of aryl methyl sites for hydroxylation is 2. The van der Waals surface area contributed by atoms with Crippen LogP contribution in [0.2, 0.25) is 0 Å². The second-order valence-electron chi connectivity index (χ2n) is 8.67. The molecule has 0 unspecified atom stereocenters. The first-order valence-electron chi connectivity index (χ1n) is 11.1. The molecule has 1 atom stereocenters. The highest BCUT2D eigenvalue weighted by atomic mass is 32.1. The monoisotopic (exact) mass is 459 g/mol. The summed E-state index contributed by atoms with van der Waals surface area (Å²) in [7, 11) is 1.66. The van der Waals surface area contributed by atoms with Crippen LogP contribution in [0, 0.1) is 0 Å². The summed E-state index contributed by atoms with van der Waals surface area (Å²) in [6, 6.07) is 17.3. The number of nitrogens with zero attached hydrogens (tertiary/aromatic N) is 2. The maximum absolute atomic E-state index is 13.3. The normalized spacial score (nSPS) is 16.7. The van der Waals surface area contributed by atoms with Crippen LogP contribution in [0.1, 0.15) is 34.1 Å². The number of benzene rings is 2. The van der Waals surface area contributed by atoms with Crippen LogP contribution in [-0.2, 0) is 22.4 Å². The lowest BCUT2D eigenvalue weighted by atomic mass is 9.91. The molecule has 7 heteroatoms. The zero-order chi connectivity index (χ0) is 23.1. The summed E-state index contributed by atoms with van der Waals surface area (Å²) in [4.78, 5) is 43.7. The van der Waals surface area contributed by atoms with Gasteiger partial charge in [0, 0.05) is 24.4 Å². The molecule has 1 N–H and O–H groups in total. The fourth-order valence-electron chi connectivity index (χ4n) is 4.68. The molecule has 6 nitrogen and oxygen atoms in total. The van der Waals surface area contributed by atoms with E-state index in [9.17, 15) is 14.4 Å². The number of hydrogen-bond donors (Lipinski definition) is 1. The molecule has 0 radical (unpaired) electrons. The van der Waals surface area contributed by atoms with Crippen LogP contribution < -0.4 is 10.2 Å². The van der Waals surface area contributed by atoms with Crippen LogP contribution in [0.4, 0.5) is 11.4 Å². The van der Waals surface area contributed by atoms with Gasteiger partial charge in [-0.1, -0.05) is 36.4 Å². The number of thiophene rings is 1. The van der Waals surface area contributed by atoms with Gasteiger partial charge < -0.3 is 15.1 Å². The van der Waals surface area contributed by atoms with Crippen molar-refractivity contribution in [3.05, 3.63) is 70.6 Å². The largest absolute Gasteiger partial charge is 0.332 e. The number of hydrogen-bond acceptors (Lipinski definition) is 4. The van der Waals surface area contributed by atoms with Crippen LogP contribution in [0.25, 0.3) is 10.4 Å². The van der Waals surface area contributed by atoms with Crippen molar-refractivity contribution in [3.63, 3.8) is 0 Å². The topological polar surface area (TPSA) is 69.7 Å². The molecular weight excluding hydrogens is 434 g/mol. The van der Waals surface area contributed by atoms with Crippen LogP contribution in [0.15, 0.2) is 54.6 Å². The van der Waals surface area contributed by atoms with Crippen molar-refractivity contribution in [1.82, 2.24) is 4.90 Å². The number of fused-ring (bicyclic) bond motifs is 4. The summed E-state index contributed by atoms with van der Waals surface area (Å²) in [5.74, 6) is -0.502. The highest BCUT2D eigenvalue weighted by molar-refractivity contribution is 7.17. The summed E-state index contributed by atoms with van der Waals surface area (Å²) in [6.45, 7) is 1.79. The van der Waals surface area contributed by atoms with Gasteiger partial charge in [0.05, 0.1) is 16.3 Å². The van der Waals surface area contributed by atoms with E-state index in [1.54, 1.807) is 18.0 Å². The number of likely N-dealkylation sites (N-methyl/N-ethyl adjacent to an activating group) is 1. The summed E-state index contributed by atoms with van der Waals surface area (Å²) >= 11 is 1.50. The smallest absolute Gasteiger partial charge is 0.264 e. The quantitative estimate of drug-likeness (QED) is 0.633. The fraction of sp³-hybridized carbons (Fsp3) is 0.269. The average Bonchev–Trinajstić information content (AvgIpc) is 3.19. The zero-order valence-corrected chi connectivity index (χ0v) is 19.4.